The molecule has 3 rings (SSSR count). The Hall–Kier alpha value is -2.87. The van der Waals surface area contributed by atoms with E-state index in [9.17, 15) is 18.4 Å². The van der Waals surface area contributed by atoms with Gasteiger partial charge in [-0.05, 0) is 49.3 Å². The van der Waals surface area contributed by atoms with Crippen molar-refractivity contribution in [3.8, 4) is 0 Å². The zero-order chi connectivity index (χ0) is 24.4. The van der Waals surface area contributed by atoms with Crippen molar-refractivity contribution in [1.29, 1.82) is 0 Å². The van der Waals surface area contributed by atoms with Crippen LogP contribution in [0.4, 0.5) is 8.78 Å². The first kappa shape index (κ1) is 26.4. The van der Waals surface area contributed by atoms with Crippen LogP contribution in [-0.4, -0.2) is 32.1 Å². The van der Waals surface area contributed by atoms with E-state index in [0.717, 1.165) is 30.0 Å². The first-order valence-electron chi connectivity index (χ1n) is 10.6. The summed E-state index contributed by atoms with van der Waals surface area (Å²) in [4.78, 5) is 24.2. The topological polar surface area (TPSA) is 76.7 Å². The predicted octanol–water partition coefficient (Wildman–Crippen LogP) is 4.98. The summed E-state index contributed by atoms with van der Waals surface area (Å²) in [6.45, 7) is 7.15. The van der Waals surface area contributed by atoms with Crippen molar-refractivity contribution in [2.24, 2.45) is 5.92 Å². The number of carbonyl (C=O) groups excluding carboxylic acids is 2. The van der Waals surface area contributed by atoms with Gasteiger partial charge in [-0.2, -0.15) is 0 Å². The van der Waals surface area contributed by atoms with E-state index in [1.54, 1.807) is 0 Å². The highest BCUT2D eigenvalue weighted by atomic mass is 35.5. The Balaban J connectivity index is 1.73. The second-order valence-electron chi connectivity index (χ2n) is 7.72. The molecule has 9 heteroatoms. The molecule has 0 saturated heterocycles. The third-order valence-electron chi connectivity index (χ3n) is 5.39. The van der Waals surface area contributed by atoms with E-state index < -0.39 is 11.7 Å². The second kappa shape index (κ2) is 13.0. The van der Waals surface area contributed by atoms with E-state index in [0.29, 0.717) is 36.4 Å². The van der Waals surface area contributed by atoms with Crippen LogP contribution in [0.25, 0.3) is 0 Å². The summed E-state index contributed by atoms with van der Waals surface area (Å²) in [5, 5.41) is 5.37. The summed E-state index contributed by atoms with van der Waals surface area (Å²) in [5.41, 5.74) is 2.73. The van der Waals surface area contributed by atoms with Crippen molar-refractivity contribution in [2.75, 3.05) is 20.3 Å². The van der Waals surface area contributed by atoms with Crippen molar-refractivity contribution < 1.29 is 27.8 Å². The number of methoxy groups -OCH3 is 1. The Kier molecular flexibility index (Phi) is 10.4. The lowest BCUT2D eigenvalue weighted by Crippen LogP contribution is -2.32. The maximum atomic E-state index is 14.7. The van der Waals surface area contributed by atoms with Crippen molar-refractivity contribution in [2.45, 2.75) is 38.5 Å². The molecule has 0 heterocycles. The fraction of sp³-hybridized carbons (Fsp3) is 0.417. The Labute approximate surface area is 197 Å². The van der Waals surface area contributed by atoms with Crippen LogP contribution in [0, 0.1) is 5.92 Å². The third-order valence-corrected chi connectivity index (χ3v) is 5.60. The molecule has 180 valence electrons. The van der Waals surface area contributed by atoms with Crippen molar-refractivity contribution in [3.63, 3.8) is 0 Å². The van der Waals surface area contributed by atoms with Gasteiger partial charge in [-0.3, -0.25) is 9.59 Å². The lowest BCUT2D eigenvalue weighted by molar-refractivity contribution is -0.124. The molecule has 0 aromatic rings. The number of halogens is 3. The molecule has 2 bridgehead atoms. The van der Waals surface area contributed by atoms with Crippen LogP contribution in [-0.2, 0) is 19.1 Å². The van der Waals surface area contributed by atoms with E-state index in [1.165, 1.54) is 13.2 Å². The average Bonchev–Trinajstić information content (AvgIpc) is 3.10. The number of hydrogen-bond donors (Lipinski definition) is 2. The first-order chi connectivity index (χ1) is 15.8. The van der Waals surface area contributed by atoms with E-state index in [2.05, 4.69) is 23.8 Å². The minimum atomic E-state index is -0.742. The van der Waals surface area contributed by atoms with Gasteiger partial charge in [-0.25, -0.2) is 8.78 Å². The molecule has 3 aliphatic carbocycles. The number of rotatable bonds is 12. The van der Waals surface area contributed by atoms with Gasteiger partial charge in [-0.1, -0.05) is 24.8 Å². The lowest BCUT2D eigenvalue weighted by Gasteiger charge is -2.25. The summed E-state index contributed by atoms with van der Waals surface area (Å²) >= 11 is 5.23. The zero-order valence-electron chi connectivity index (χ0n) is 18.6. The van der Waals surface area contributed by atoms with Crippen molar-refractivity contribution in [1.82, 2.24) is 10.6 Å². The number of fused-ring (bicyclic) bond motifs is 4. The minimum Gasteiger partial charge on any atom is -0.494 e. The highest BCUT2D eigenvalue weighted by Gasteiger charge is 2.32. The highest BCUT2D eigenvalue weighted by Crippen LogP contribution is 2.43. The van der Waals surface area contributed by atoms with Gasteiger partial charge in [0.05, 0.1) is 7.11 Å². The summed E-state index contributed by atoms with van der Waals surface area (Å²) in [7, 11) is 1.48. The molecular weight excluding hydrogens is 454 g/mol. The molecule has 1 fully saturated rings. The summed E-state index contributed by atoms with van der Waals surface area (Å²) in [5.74, 6) is -1.43. The molecule has 1 unspecified atom stereocenters. The molecule has 1 saturated carbocycles. The van der Waals surface area contributed by atoms with Crippen LogP contribution in [0.3, 0.4) is 0 Å². The lowest BCUT2D eigenvalue weighted by atomic mass is 9.86. The predicted molar refractivity (Wildman–Crippen MR) is 123 cm³/mol. The second-order valence-corrected chi connectivity index (χ2v) is 7.94. The zero-order valence-corrected chi connectivity index (χ0v) is 19.4. The van der Waals surface area contributed by atoms with Crippen LogP contribution < -0.4 is 10.6 Å². The van der Waals surface area contributed by atoms with E-state index >= 15 is 0 Å². The van der Waals surface area contributed by atoms with E-state index in [4.69, 9.17) is 21.1 Å². The quantitative estimate of drug-likeness (QED) is 0.304. The molecule has 0 aromatic carbocycles. The molecule has 0 radical (unpaired) electrons. The normalized spacial score (nSPS) is 18.6. The summed E-state index contributed by atoms with van der Waals surface area (Å²) in [6.07, 6.45) is 5.58. The Morgan fingerprint density at radius 1 is 1.27 bits per heavy atom. The van der Waals surface area contributed by atoms with Gasteiger partial charge in [0.2, 0.25) is 5.91 Å². The monoisotopic (exact) mass is 482 g/mol. The number of ether oxygens (including phenoxy) is 2. The fourth-order valence-corrected chi connectivity index (χ4v) is 3.87. The molecular formula is C24H29ClF2N2O4. The Morgan fingerprint density at radius 2 is 2.03 bits per heavy atom. The number of hydrogen-bond acceptors (Lipinski definition) is 4. The minimum absolute atomic E-state index is 0.0386. The number of nitrogens with one attached hydrogen (secondary N) is 2. The van der Waals surface area contributed by atoms with Gasteiger partial charge >= 0.3 is 0 Å². The SMILES string of the molecule is C=C/C(=C\C(F)=C\Cl)OCC(=O)NC(=C)CCC(=O)NCC1CC2=C(OC)C(F)=C1CCC2. The van der Waals surface area contributed by atoms with Gasteiger partial charge < -0.3 is 20.1 Å². The molecule has 33 heavy (non-hydrogen) atoms. The van der Waals surface area contributed by atoms with Crippen LogP contribution in [0.1, 0.15) is 38.5 Å². The van der Waals surface area contributed by atoms with Crippen LogP contribution >= 0.6 is 11.6 Å². The standard InChI is InChI=1S/C24H29ClF2N2O4/c1-4-19(11-18(26)12-25)33-14-22(31)29-15(2)8-9-21(30)28-13-17-10-16-6-5-7-20(17)23(27)24(16)32-3/h4,11-12,17H,1-2,5-10,13-14H2,3H3,(H,28,30)(H,29,31)/b18-12-,19-11+. The number of amides is 2. The van der Waals surface area contributed by atoms with Gasteiger partial charge in [0.15, 0.2) is 18.2 Å². The molecule has 2 amide bonds. The maximum absolute atomic E-state index is 14.7. The van der Waals surface area contributed by atoms with Crippen LogP contribution in [0.2, 0.25) is 0 Å². The smallest absolute Gasteiger partial charge is 0.262 e. The number of carbonyl (C=O) groups is 2. The largest absolute Gasteiger partial charge is 0.494 e. The number of allylic oxidation sites excluding steroid dienone is 6. The highest BCUT2D eigenvalue weighted by molar-refractivity contribution is 6.25. The molecule has 3 aliphatic rings. The van der Waals surface area contributed by atoms with Gasteiger partial charge in [0.1, 0.15) is 11.6 Å². The third kappa shape index (κ3) is 7.89. The van der Waals surface area contributed by atoms with Crippen LogP contribution in [0.5, 0.6) is 0 Å². The molecule has 0 aromatic heterocycles. The summed E-state index contributed by atoms with van der Waals surface area (Å²) < 4.78 is 38.1. The maximum Gasteiger partial charge on any atom is 0.262 e. The molecule has 0 aliphatic heterocycles. The molecule has 6 nitrogen and oxygen atoms in total. The Morgan fingerprint density at radius 3 is 2.70 bits per heavy atom. The first-order valence-corrected chi connectivity index (χ1v) is 11.0. The molecule has 1 atom stereocenters. The van der Waals surface area contributed by atoms with E-state index in [-0.39, 0.29) is 42.9 Å². The summed E-state index contributed by atoms with van der Waals surface area (Å²) in [6, 6.07) is 0. The average molecular weight is 483 g/mol. The Bertz CT molecular complexity index is 921. The van der Waals surface area contributed by atoms with Gasteiger partial charge in [0, 0.05) is 36.2 Å². The molecule has 2 N–H and O–H groups in total. The fourth-order valence-electron chi connectivity index (χ4n) is 3.81. The van der Waals surface area contributed by atoms with Gasteiger partial charge in [0.25, 0.3) is 5.91 Å². The van der Waals surface area contributed by atoms with Crippen LogP contribution in [0.15, 0.2) is 70.9 Å². The van der Waals surface area contributed by atoms with E-state index in [1.807, 2.05) is 0 Å². The van der Waals surface area contributed by atoms with Gasteiger partial charge in [-0.15, -0.1) is 0 Å². The van der Waals surface area contributed by atoms with Crippen molar-refractivity contribution >= 4 is 23.4 Å². The molecule has 0 spiro atoms. The van der Waals surface area contributed by atoms with Crippen molar-refractivity contribution in [3.05, 3.63) is 70.9 Å².